The molecule has 2 aliphatic rings. The number of carbonyl (C=O) groups is 1. The van der Waals surface area contributed by atoms with Crippen LogP contribution in [-0.4, -0.2) is 131 Å². The Kier molecular flexibility index (Phi) is 14.5. The molecule has 2 aliphatic carbocycles. The molecular formula is C39H53ClN4O10S. The van der Waals surface area contributed by atoms with E-state index in [9.17, 15) is 33.6 Å². The maximum Gasteiger partial charge on any atom is 0.320 e. The summed E-state index contributed by atoms with van der Waals surface area (Å²) >= 11 is 7.03. The van der Waals surface area contributed by atoms with Crippen molar-refractivity contribution < 1.29 is 48.2 Å². The first-order valence-corrected chi connectivity index (χ1v) is 20.5. The number of hydrogen-bond donors (Lipinski definition) is 6. The fourth-order valence-electron chi connectivity index (χ4n) is 6.39. The van der Waals surface area contributed by atoms with Crippen LogP contribution < -0.4 is 9.46 Å². The van der Waals surface area contributed by atoms with Gasteiger partial charge in [0.1, 0.15) is 35.7 Å². The van der Waals surface area contributed by atoms with Crippen LogP contribution in [0.4, 0.5) is 4.79 Å². The van der Waals surface area contributed by atoms with Gasteiger partial charge in [0.15, 0.2) is 0 Å². The SMILES string of the molecule is CCc1cc(-c2ccccc2OC2CC2)c(C2(OCC(CCNS(=O)(=O)c3ccccc3)C(Cl)N(C)C(=O)N(C)C[C@H](O)[C@@H](O)[C@H](O)[C@H](O)CO)CC2)cn1. The number of likely N-dealkylation sites (N-methyl/N-ethyl adjacent to an activating group) is 1. The number of amides is 2. The van der Waals surface area contributed by atoms with Crippen LogP contribution in [0.1, 0.15) is 50.3 Å². The van der Waals surface area contributed by atoms with E-state index in [1.807, 2.05) is 37.4 Å². The van der Waals surface area contributed by atoms with Crippen molar-refractivity contribution in [1.29, 1.82) is 0 Å². The molecule has 0 bridgehead atoms. The molecule has 1 aromatic heterocycles. The number of alkyl halides is 1. The number of rotatable bonds is 21. The second kappa shape index (κ2) is 18.7. The summed E-state index contributed by atoms with van der Waals surface area (Å²) in [6.45, 7) is 0.790. The number of aromatic nitrogens is 1. The van der Waals surface area contributed by atoms with Crippen LogP contribution in [0.25, 0.3) is 11.1 Å². The minimum absolute atomic E-state index is 0.0147. The number of halogens is 1. The highest BCUT2D eigenvalue weighted by atomic mass is 35.5. The summed E-state index contributed by atoms with van der Waals surface area (Å²) in [5.41, 5.74) is 1.99. The standard InChI is InChI=1S/C39H53ClN4O10S/c1-4-26-20-30(29-12-8-9-13-34(29)54-27-14-15-27)31(21-41-26)39(17-18-39)53-24-25(16-19-42-55(51,52)28-10-6-5-7-11-28)37(40)44(3)38(50)43(2)22-32(46)35(48)36(49)33(47)23-45/h5-13,20-21,25,27,32-33,35-37,42,45-49H,4,14-19,22-24H2,1-3H3/t25?,32-,33+,35+,36+,37?/m0/s1. The van der Waals surface area contributed by atoms with Gasteiger partial charge in [-0.2, -0.15) is 0 Å². The molecule has 14 nitrogen and oxygen atoms in total. The summed E-state index contributed by atoms with van der Waals surface area (Å²) in [6, 6.07) is 17.3. The van der Waals surface area contributed by atoms with Crippen molar-refractivity contribution in [3.63, 3.8) is 0 Å². The third kappa shape index (κ3) is 10.7. The lowest BCUT2D eigenvalue weighted by atomic mass is 9.94. The number of aliphatic hydroxyl groups is 5. The summed E-state index contributed by atoms with van der Waals surface area (Å²) < 4.78 is 41.8. The number of ether oxygens (including phenoxy) is 2. The second-order valence-corrected chi connectivity index (χ2v) is 16.6. The molecule has 2 aromatic carbocycles. The molecule has 2 unspecified atom stereocenters. The highest BCUT2D eigenvalue weighted by Gasteiger charge is 2.49. The van der Waals surface area contributed by atoms with Gasteiger partial charge in [0.2, 0.25) is 10.0 Å². The Morgan fingerprint density at radius 1 is 1.00 bits per heavy atom. The van der Waals surface area contributed by atoms with E-state index in [2.05, 4.69) is 10.8 Å². The first-order chi connectivity index (χ1) is 26.2. The molecule has 3 aromatic rings. The highest BCUT2D eigenvalue weighted by molar-refractivity contribution is 7.89. The van der Waals surface area contributed by atoms with Gasteiger partial charge < -0.3 is 44.8 Å². The Labute approximate surface area is 327 Å². The smallest absolute Gasteiger partial charge is 0.320 e. The zero-order chi connectivity index (χ0) is 39.9. The molecule has 0 radical (unpaired) electrons. The van der Waals surface area contributed by atoms with Gasteiger partial charge in [-0.25, -0.2) is 17.9 Å². The molecular weight excluding hydrogens is 752 g/mol. The van der Waals surface area contributed by atoms with Crippen LogP contribution in [0, 0.1) is 5.92 Å². The number of carbonyl (C=O) groups excluding carboxylic acids is 1. The predicted octanol–water partition coefficient (Wildman–Crippen LogP) is 2.83. The zero-order valence-electron chi connectivity index (χ0n) is 31.4. The van der Waals surface area contributed by atoms with Crippen LogP contribution in [0.3, 0.4) is 0 Å². The summed E-state index contributed by atoms with van der Waals surface area (Å²) in [5, 5.41) is 49.6. The fourth-order valence-corrected chi connectivity index (χ4v) is 7.74. The number of para-hydroxylation sites is 1. The maximum absolute atomic E-state index is 13.6. The lowest BCUT2D eigenvalue weighted by Crippen LogP contribution is -2.52. The molecule has 6 atom stereocenters. The van der Waals surface area contributed by atoms with Crippen molar-refractivity contribution >= 4 is 27.7 Å². The van der Waals surface area contributed by atoms with Crippen LogP contribution in [0.5, 0.6) is 5.75 Å². The molecule has 1 heterocycles. The molecule has 302 valence electrons. The van der Waals surface area contributed by atoms with Gasteiger partial charge in [0.05, 0.1) is 36.4 Å². The number of pyridine rings is 1. The summed E-state index contributed by atoms with van der Waals surface area (Å²) in [4.78, 5) is 20.7. The van der Waals surface area contributed by atoms with Crippen molar-refractivity contribution in [2.24, 2.45) is 5.92 Å². The van der Waals surface area contributed by atoms with Gasteiger partial charge in [-0.3, -0.25) is 4.98 Å². The van der Waals surface area contributed by atoms with Crippen molar-refractivity contribution in [2.45, 2.75) is 92.0 Å². The summed E-state index contributed by atoms with van der Waals surface area (Å²) in [7, 11) is -1.02. The number of urea groups is 1. The van der Waals surface area contributed by atoms with Gasteiger partial charge in [-0.1, -0.05) is 54.9 Å². The van der Waals surface area contributed by atoms with E-state index in [0.29, 0.717) is 12.8 Å². The van der Waals surface area contributed by atoms with Crippen molar-refractivity contribution in [1.82, 2.24) is 19.5 Å². The Balaban J connectivity index is 1.35. The van der Waals surface area contributed by atoms with Crippen molar-refractivity contribution in [3.8, 4) is 16.9 Å². The topological polar surface area (TPSA) is 202 Å². The maximum atomic E-state index is 13.6. The zero-order valence-corrected chi connectivity index (χ0v) is 32.9. The molecule has 0 aliphatic heterocycles. The van der Waals surface area contributed by atoms with Crippen LogP contribution in [-0.2, 0) is 26.8 Å². The van der Waals surface area contributed by atoms with E-state index in [0.717, 1.165) is 52.3 Å². The molecule has 5 rings (SSSR count). The molecule has 6 N–H and O–H groups in total. The average Bonchev–Trinajstić information content (AvgIpc) is 4.15. The number of benzene rings is 2. The largest absolute Gasteiger partial charge is 0.490 e. The van der Waals surface area contributed by atoms with Crippen molar-refractivity contribution in [2.75, 3.05) is 40.4 Å². The first-order valence-electron chi connectivity index (χ1n) is 18.6. The quantitative estimate of drug-likeness (QED) is 0.0683. The van der Waals surface area contributed by atoms with Gasteiger partial charge in [0.25, 0.3) is 0 Å². The lowest BCUT2D eigenvalue weighted by Gasteiger charge is -2.35. The van der Waals surface area contributed by atoms with Crippen molar-refractivity contribution in [3.05, 3.63) is 78.1 Å². The minimum atomic E-state index is -3.84. The minimum Gasteiger partial charge on any atom is -0.490 e. The number of sulfonamides is 1. The number of aryl methyl sites for hydroxylation is 1. The lowest BCUT2D eigenvalue weighted by molar-refractivity contribution is -0.117. The third-order valence-corrected chi connectivity index (χ3v) is 12.2. The van der Waals surface area contributed by atoms with Gasteiger partial charge in [-0.15, -0.1) is 0 Å². The number of hydrogen-bond acceptors (Lipinski definition) is 11. The Hall–Kier alpha value is -3.38. The molecule has 2 amide bonds. The number of nitrogens with one attached hydrogen (secondary N) is 1. The van der Waals surface area contributed by atoms with Gasteiger partial charge >= 0.3 is 6.03 Å². The van der Waals surface area contributed by atoms with Gasteiger partial charge in [0, 0.05) is 49.6 Å². The van der Waals surface area contributed by atoms with E-state index in [-0.39, 0.29) is 30.6 Å². The molecule has 55 heavy (non-hydrogen) atoms. The Morgan fingerprint density at radius 2 is 1.65 bits per heavy atom. The van der Waals surface area contributed by atoms with E-state index in [4.69, 9.17) is 31.2 Å². The van der Waals surface area contributed by atoms with E-state index in [1.165, 1.54) is 31.1 Å². The molecule has 16 heteroatoms. The predicted molar refractivity (Wildman–Crippen MR) is 206 cm³/mol. The van der Waals surface area contributed by atoms with E-state index < -0.39 is 70.6 Å². The molecule has 2 saturated carbocycles. The fraction of sp³-hybridized carbons (Fsp3) is 0.538. The Bertz CT molecular complexity index is 1830. The molecule has 2 fully saturated rings. The van der Waals surface area contributed by atoms with Crippen LogP contribution in [0.15, 0.2) is 71.8 Å². The third-order valence-electron chi connectivity index (χ3n) is 10.1. The highest BCUT2D eigenvalue weighted by Crippen LogP contribution is 2.53. The van der Waals surface area contributed by atoms with Gasteiger partial charge in [-0.05, 0) is 68.4 Å². The first kappa shape index (κ1) is 42.8. The Morgan fingerprint density at radius 3 is 2.29 bits per heavy atom. The number of nitrogens with zero attached hydrogens (tertiary/aromatic N) is 3. The average molecular weight is 805 g/mol. The van der Waals surface area contributed by atoms with Crippen LogP contribution >= 0.6 is 11.6 Å². The monoisotopic (exact) mass is 804 g/mol. The van der Waals surface area contributed by atoms with E-state index in [1.54, 1.807) is 18.2 Å². The molecule has 0 spiro atoms. The number of aliphatic hydroxyl groups excluding tert-OH is 5. The second-order valence-electron chi connectivity index (χ2n) is 14.4. The van der Waals surface area contributed by atoms with Crippen LogP contribution in [0.2, 0.25) is 0 Å². The summed E-state index contributed by atoms with van der Waals surface area (Å²) in [6.07, 6.45) is -0.680. The van der Waals surface area contributed by atoms with E-state index >= 15 is 0 Å². The summed E-state index contributed by atoms with van der Waals surface area (Å²) in [5.74, 6) is 0.189. The normalized spacial score (nSPS) is 18.4. The molecule has 0 saturated heterocycles.